The first-order valence-electron chi connectivity index (χ1n) is 10.3. The summed E-state index contributed by atoms with van der Waals surface area (Å²) < 4.78 is 4.91. The van der Waals surface area contributed by atoms with Crippen molar-refractivity contribution in [1.29, 1.82) is 0 Å². The molecule has 0 unspecified atom stereocenters. The molecule has 0 radical (unpaired) electrons. The molecule has 0 aliphatic carbocycles. The van der Waals surface area contributed by atoms with Crippen molar-refractivity contribution in [3.05, 3.63) is 60.9 Å². The van der Waals surface area contributed by atoms with E-state index in [0.717, 1.165) is 5.56 Å². The topological polar surface area (TPSA) is 101 Å². The van der Waals surface area contributed by atoms with Gasteiger partial charge in [-0.1, -0.05) is 40.9 Å². The number of hydrogen-bond acceptors (Lipinski definition) is 8. The molecule has 2 aliphatic rings. The first kappa shape index (κ1) is 24.4. The maximum absolute atomic E-state index is 12.2. The normalized spacial score (nSPS) is 18.2. The molecule has 3 rings (SSSR count). The minimum Gasteiger partial charge on any atom is -0.466 e. The Bertz CT molecular complexity index is 910. The van der Waals surface area contributed by atoms with E-state index in [0.29, 0.717) is 63.1 Å². The Hall–Kier alpha value is -2.23. The molecule has 32 heavy (non-hydrogen) atoms. The van der Waals surface area contributed by atoms with Crippen molar-refractivity contribution in [3.8, 4) is 0 Å². The number of nitrogens with one attached hydrogen (secondary N) is 1. The number of carbonyl (C=O) groups excluding carboxylic acids is 1. The molecular formula is C20H24Cl3N5O4. The summed E-state index contributed by atoms with van der Waals surface area (Å²) in [7, 11) is 0. The molecule has 0 saturated carbocycles. The van der Waals surface area contributed by atoms with Gasteiger partial charge in [0.05, 0.1) is 17.4 Å². The lowest BCUT2D eigenvalue weighted by Crippen LogP contribution is -2.39. The van der Waals surface area contributed by atoms with E-state index < -0.39 is 4.92 Å². The van der Waals surface area contributed by atoms with Gasteiger partial charge in [-0.3, -0.25) is 14.9 Å². The highest BCUT2D eigenvalue weighted by Crippen LogP contribution is 2.33. The number of nitrogens with zero attached hydrogens (tertiary/aromatic N) is 4. The van der Waals surface area contributed by atoms with Crippen LogP contribution in [0, 0.1) is 16.0 Å². The molecule has 0 amide bonds. The Morgan fingerprint density at radius 2 is 2.03 bits per heavy atom. The summed E-state index contributed by atoms with van der Waals surface area (Å²) in [4.78, 5) is 31.4. The third-order valence-electron chi connectivity index (χ3n) is 5.39. The predicted octanol–water partition coefficient (Wildman–Crippen LogP) is 3.51. The van der Waals surface area contributed by atoms with Crippen molar-refractivity contribution < 1.29 is 14.5 Å². The molecule has 174 valence electrons. The minimum atomic E-state index is -0.474. The van der Waals surface area contributed by atoms with Crippen molar-refractivity contribution in [1.82, 2.24) is 20.1 Å². The highest BCUT2D eigenvalue weighted by Gasteiger charge is 2.37. The SMILES string of the molecule is CCOC(=O)C1CCN(C(=C(Cl)Cl)C(=C2NCCN2Cc2ccc(Cl)nc2)[N+](=O)[O-])CC1. The van der Waals surface area contributed by atoms with Crippen LogP contribution >= 0.6 is 34.8 Å². The summed E-state index contributed by atoms with van der Waals surface area (Å²) in [6, 6.07) is 3.50. The quantitative estimate of drug-likeness (QED) is 0.261. The highest BCUT2D eigenvalue weighted by molar-refractivity contribution is 6.56. The Morgan fingerprint density at radius 3 is 2.59 bits per heavy atom. The monoisotopic (exact) mass is 503 g/mol. The van der Waals surface area contributed by atoms with Crippen molar-refractivity contribution in [2.45, 2.75) is 26.3 Å². The summed E-state index contributed by atoms with van der Waals surface area (Å²) in [5, 5.41) is 15.7. The number of aromatic nitrogens is 1. The fourth-order valence-corrected chi connectivity index (χ4v) is 4.42. The van der Waals surface area contributed by atoms with Gasteiger partial charge in [0.25, 0.3) is 0 Å². The molecule has 3 heterocycles. The number of hydrogen-bond donors (Lipinski definition) is 1. The summed E-state index contributed by atoms with van der Waals surface area (Å²) >= 11 is 18.2. The van der Waals surface area contributed by atoms with Crippen molar-refractivity contribution in [2.75, 3.05) is 32.8 Å². The first-order valence-corrected chi connectivity index (χ1v) is 11.4. The van der Waals surface area contributed by atoms with Gasteiger partial charge in [-0.15, -0.1) is 0 Å². The number of ether oxygens (including phenoxy) is 1. The summed E-state index contributed by atoms with van der Waals surface area (Å²) in [6.07, 6.45) is 2.63. The van der Waals surface area contributed by atoms with E-state index >= 15 is 0 Å². The fourth-order valence-electron chi connectivity index (χ4n) is 3.89. The number of piperidine rings is 1. The molecule has 1 N–H and O–H groups in total. The van der Waals surface area contributed by atoms with Gasteiger partial charge in [0.1, 0.15) is 9.64 Å². The van der Waals surface area contributed by atoms with E-state index in [4.69, 9.17) is 39.5 Å². The van der Waals surface area contributed by atoms with Crippen molar-refractivity contribution in [3.63, 3.8) is 0 Å². The molecule has 12 heteroatoms. The molecule has 0 atom stereocenters. The van der Waals surface area contributed by atoms with Crippen molar-refractivity contribution in [2.24, 2.45) is 5.92 Å². The van der Waals surface area contributed by atoms with E-state index in [1.54, 1.807) is 24.1 Å². The number of nitro groups is 1. The second-order valence-corrected chi connectivity index (χ2v) is 8.75. The Balaban J connectivity index is 1.86. The van der Waals surface area contributed by atoms with E-state index in [1.165, 1.54) is 0 Å². The van der Waals surface area contributed by atoms with Crippen LogP contribution in [0.15, 0.2) is 40.0 Å². The maximum Gasteiger partial charge on any atom is 0.334 e. The summed E-state index contributed by atoms with van der Waals surface area (Å²) in [5.74, 6) is -0.152. The highest BCUT2D eigenvalue weighted by atomic mass is 35.5. The fraction of sp³-hybridized carbons (Fsp3) is 0.500. The van der Waals surface area contributed by atoms with Gasteiger partial charge in [-0.05, 0) is 31.4 Å². The van der Waals surface area contributed by atoms with Crippen LogP contribution in [-0.4, -0.2) is 58.5 Å². The predicted molar refractivity (Wildman–Crippen MR) is 121 cm³/mol. The van der Waals surface area contributed by atoms with E-state index in [2.05, 4.69) is 10.3 Å². The smallest absolute Gasteiger partial charge is 0.334 e. The van der Waals surface area contributed by atoms with Crippen LogP contribution in [0.2, 0.25) is 5.15 Å². The summed E-state index contributed by atoms with van der Waals surface area (Å²) in [6.45, 7) is 4.37. The van der Waals surface area contributed by atoms with Crippen LogP contribution in [0.4, 0.5) is 0 Å². The van der Waals surface area contributed by atoms with Gasteiger partial charge >= 0.3 is 11.7 Å². The zero-order chi connectivity index (χ0) is 23.3. The molecule has 2 fully saturated rings. The Kier molecular flexibility index (Phi) is 8.44. The van der Waals surface area contributed by atoms with Crippen LogP contribution in [0.5, 0.6) is 0 Å². The number of rotatable bonds is 7. The van der Waals surface area contributed by atoms with E-state index in [9.17, 15) is 14.9 Å². The molecule has 0 aromatic carbocycles. The van der Waals surface area contributed by atoms with Crippen LogP contribution in [-0.2, 0) is 16.1 Å². The molecule has 2 aliphatic heterocycles. The van der Waals surface area contributed by atoms with Crippen LogP contribution < -0.4 is 5.32 Å². The molecule has 9 nitrogen and oxygen atoms in total. The molecular weight excluding hydrogens is 481 g/mol. The average Bonchev–Trinajstić information content (AvgIpc) is 3.20. The number of carbonyl (C=O) groups is 1. The van der Waals surface area contributed by atoms with Crippen LogP contribution in [0.3, 0.4) is 0 Å². The zero-order valence-electron chi connectivity index (χ0n) is 17.5. The number of esters is 1. The number of likely N-dealkylation sites (tertiary alicyclic amines) is 1. The third-order valence-corrected chi connectivity index (χ3v) is 5.98. The Morgan fingerprint density at radius 1 is 1.31 bits per heavy atom. The second-order valence-electron chi connectivity index (χ2n) is 7.41. The van der Waals surface area contributed by atoms with Gasteiger partial charge < -0.3 is 19.9 Å². The van der Waals surface area contributed by atoms with Gasteiger partial charge in [-0.25, -0.2) is 4.98 Å². The first-order chi connectivity index (χ1) is 15.3. The Labute approximate surface area is 201 Å². The average molecular weight is 505 g/mol. The molecule has 1 aromatic heterocycles. The van der Waals surface area contributed by atoms with Crippen LogP contribution in [0.25, 0.3) is 0 Å². The van der Waals surface area contributed by atoms with Gasteiger partial charge in [0.15, 0.2) is 11.5 Å². The maximum atomic E-state index is 12.2. The lowest BCUT2D eigenvalue weighted by molar-refractivity contribution is -0.425. The molecule has 1 aromatic rings. The lowest BCUT2D eigenvalue weighted by Gasteiger charge is -2.33. The van der Waals surface area contributed by atoms with Gasteiger partial charge in [-0.2, -0.15) is 0 Å². The van der Waals surface area contributed by atoms with Crippen molar-refractivity contribution >= 4 is 40.8 Å². The number of halogens is 3. The number of pyridine rings is 1. The van der Waals surface area contributed by atoms with Crippen LogP contribution in [0.1, 0.15) is 25.3 Å². The van der Waals surface area contributed by atoms with Gasteiger partial charge in [0, 0.05) is 38.9 Å². The molecule has 2 saturated heterocycles. The van der Waals surface area contributed by atoms with E-state index in [1.807, 2.05) is 11.0 Å². The van der Waals surface area contributed by atoms with Gasteiger partial charge in [0.2, 0.25) is 0 Å². The standard InChI is InChI=1S/C20H24Cl3N5O4/c1-2-32-20(29)14-5-8-26(9-6-14)16(18(22)23)17(28(30)31)19-24-7-10-27(19)12-13-3-4-15(21)25-11-13/h3-4,11,14,24H,2,5-10,12H2,1H3. The lowest BCUT2D eigenvalue weighted by atomic mass is 9.96. The minimum absolute atomic E-state index is 0.143. The third kappa shape index (κ3) is 5.76. The zero-order valence-corrected chi connectivity index (χ0v) is 19.8. The molecule has 0 bridgehead atoms. The second kappa shape index (κ2) is 11.1. The van der Waals surface area contributed by atoms with E-state index in [-0.39, 0.29) is 27.8 Å². The molecule has 0 spiro atoms. The summed E-state index contributed by atoms with van der Waals surface area (Å²) in [5.41, 5.74) is 0.805. The largest absolute Gasteiger partial charge is 0.466 e.